The molecule has 0 unspecified atom stereocenters. The Morgan fingerprint density at radius 3 is 2.58 bits per heavy atom. The second kappa shape index (κ2) is 17.3. The Hall–Kier alpha value is -3.74. The summed E-state index contributed by atoms with van der Waals surface area (Å²) < 4.78 is 41.4. The molecule has 7 rings (SSSR count). The van der Waals surface area contributed by atoms with Crippen molar-refractivity contribution in [1.29, 1.82) is 0 Å². The molecule has 0 saturated carbocycles. The van der Waals surface area contributed by atoms with Crippen LogP contribution in [0.3, 0.4) is 0 Å². The van der Waals surface area contributed by atoms with E-state index in [0.717, 1.165) is 16.7 Å². The number of benzene rings is 1. The van der Waals surface area contributed by atoms with Crippen molar-refractivity contribution in [2.45, 2.75) is 141 Å². The minimum atomic E-state index is -1.14. The molecule has 326 valence electrons. The van der Waals surface area contributed by atoms with E-state index < -0.39 is 71.8 Å². The Morgan fingerprint density at radius 2 is 1.83 bits per heavy atom. The number of aromatic nitrogens is 3. The zero-order chi connectivity index (χ0) is 42.4. The highest BCUT2D eigenvalue weighted by molar-refractivity contribution is 5.91. The number of carbonyl (C=O) groups excluding carboxylic acids is 2. The molecule has 1 amide bonds. The normalized spacial score (nSPS) is 40.4. The first-order valence-electron chi connectivity index (χ1n) is 21.2. The Balaban J connectivity index is 1.31. The van der Waals surface area contributed by atoms with Crippen LogP contribution in [0.4, 0.5) is 4.79 Å². The Labute approximate surface area is 346 Å². The lowest BCUT2D eigenvalue weighted by molar-refractivity contribution is -0.302. The Kier molecular flexibility index (Phi) is 12.7. The maximum absolute atomic E-state index is 14.5. The van der Waals surface area contributed by atoms with Gasteiger partial charge in [-0.15, -0.1) is 5.10 Å². The number of aliphatic hydroxyl groups excluding tert-OH is 1. The van der Waals surface area contributed by atoms with Crippen LogP contribution < -0.4 is 0 Å². The molecule has 14 atom stereocenters. The van der Waals surface area contributed by atoms with E-state index >= 15 is 0 Å². The van der Waals surface area contributed by atoms with Gasteiger partial charge in [0.25, 0.3) is 0 Å². The van der Waals surface area contributed by atoms with Crippen molar-refractivity contribution in [3.05, 3.63) is 24.3 Å². The number of fused-ring (bicyclic) bond motifs is 5. The average molecular weight is 826 g/mol. The fourth-order valence-electron chi connectivity index (χ4n) is 10.4. The number of para-hydroxylation sites is 1. The zero-order valence-electron chi connectivity index (χ0n) is 36.1. The van der Waals surface area contributed by atoms with E-state index in [1.54, 1.807) is 16.5 Å². The van der Waals surface area contributed by atoms with Gasteiger partial charge in [-0.05, 0) is 79.1 Å². The highest BCUT2D eigenvalue weighted by Crippen LogP contribution is 2.45. The highest BCUT2D eigenvalue weighted by atomic mass is 16.7. The third-order valence-electron chi connectivity index (χ3n) is 13.3. The van der Waals surface area contributed by atoms with E-state index in [0.29, 0.717) is 38.1 Å². The third kappa shape index (κ3) is 8.34. The maximum Gasteiger partial charge on any atom is 0.410 e. The quantitative estimate of drug-likeness (QED) is 0.312. The number of nitrogens with zero attached hydrogens (tertiary/aromatic N) is 7. The van der Waals surface area contributed by atoms with Crippen LogP contribution in [0.2, 0.25) is 0 Å². The molecule has 6 heterocycles. The Bertz CT molecular complexity index is 1890. The molecule has 5 aliphatic heterocycles. The standard InChI is InChI=1S/C42H63N7O10/c1-11-32-42(8)36-25(4)33(43-16-17-48(36)40(52)59-42)23(2)19-41(7)37(58-39-34(50)31(47(9)10)18-24(3)56-39)26(5)35(27(6)38(51)57-32)53-20-28(21-54-41)45-55-22-49-30-15-13-12-14-29(30)44-46-49/h12-15,23-27,31-32,34-37,39,50H,11,16-22H2,1-10H3/b45-28+/t23-,24+,25+,26+,27-,31-,32-,34+,35+,36-,37-,39-,41-,42-/m1/s1. The first-order chi connectivity index (χ1) is 28.1. The van der Waals surface area contributed by atoms with E-state index in [1.165, 1.54) is 0 Å². The number of rotatable bonds is 7. The molecule has 4 fully saturated rings. The molecule has 0 spiro atoms. The van der Waals surface area contributed by atoms with Crippen molar-refractivity contribution < 1.29 is 48.0 Å². The number of aliphatic hydroxyl groups is 1. The largest absolute Gasteiger partial charge is 0.458 e. The summed E-state index contributed by atoms with van der Waals surface area (Å²) >= 11 is 0. The number of amides is 1. The van der Waals surface area contributed by atoms with Crippen LogP contribution in [-0.2, 0) is 44.8 Å². The van der Waals surface area contributed by atoms with Gasteiger partial charge in [-0.1, -0.05) is 50.2 Å². The van der Waals surface area contributed by atoms with E-state index in [2.05, 4.69) is 29.3 Å². The van der Waals surface area contributed by atoms with Crippen molar-refractivity contribution in [3.63, 3.8) is 0 Å². The van der Waals surface area contributed by atoms with Gasteiger partial charge in [0.2, 0.25) is 6.73 Å². The first kappa shape index (κ1) is 43.4. The van der Waals surface area contributed by atoms with Crippen molar-refractivity contribution in [3.8, 4) is 0 Å². The number of carbonyl (C=O) groups is 2. The van der Waals surface area contributed by atoms with Crippen molar-refractivity contribution >= 4 is 34.5 Å². The van der Waals surface area contributed by atoms with E-state index in [9.17, 15) is 14.7 Å². The predicted molar refractivity (Wildman–Crippen MR) is 217 cm³/mol. The molecule has 0 aliphatic carbocycles. The fourth-order valence-corrected chi connectivity index (χ4v) is 10.4. The average Bonchev–Trinajstić information content (AvgIpc) is 3.66. The Morgan fingerprint density at radius 1 is 1.07 bits per heavy atom. The number of likely N-dealkylation sites (N-methyl/N-ethyl adjacent to an activating group) is 1. The van der Waals surface area contributed by atoms with Crippen LogP contribution in [0, 0.1) is 23.7 Å². The van der Waals surface area contributed by atoms with Gasteiger partial charge in [-0.2, -0.15) is 0 Å². The lowest BCUT2D eigenvalue weighted by atomic mass is 9.72. The summed E-state index contributed by atoms with van der Waals surface area (Å²) in [4.78, 5) is 42.8. The molecular formula is C42H63N7O10. The van der Waals surface area contributed by atoms with Crippen LogP contribution >= 0.6 is 0 Å². The topological polar surface area (TPSA) is 181 Å². The van der Waals surface area contributed by atoms with Gasteiger partial charge in [-0.3, -0.25) is 14.7 Å². The van der Waals surface area contributed by atoms with Crippen LogP contribution in [0.5, 0.6) is 0 Å². The van der Waals surface area contributed by atoms with Gasteiger partial charge in [0.05, 0.1) is 61.1 Å². The minimum absolute atomic E-state index is 0.00100. The summed E-state index contributed by atoms with van der Waals surface area (Å²) in [5.74, 6) is -2.30. The highest BCUT2D eigenvalue weighted by Gasteiger charge is 2.60. The number of cyclic esters (lactones) is 1. The van der Waals surface area contributed by atoms with Crippen LogP contribution in [0.25, 0.3) is 11.0 Å². The molecule has 1 aromatic carbocycles. The van der Waals surface area contributed by atoms with Gasteiger partial charge in [0.15, 0.2) is 11.9 Å². The second-order valence-electron chi connectivity index (χ2n) is 17.9. The number of hydrogen-bond acceptors (Lipinski definition) is 15. The minimum Gasteiger partial charge on any atom is -0.458 e. The zero-order valence-corrected chi connectivity index (χ0v) is 36.1. The molecule has 4 saturated heterocycles. The summed E-state index contributed by atoms with van der Waals surface area (Å²) in [6.45, 7) is 16.5. The summed E-state index contributed by atoms with van der Waals surface area (Å²) in [6.07, 6.45) is -3.52. The summed E-state index contributed by atoms with van der Waals surface area (Å²) in [7, 11) is 3.87. The summed E-state index contributed by atoms with van der Waals surface area (Å²) in [5.41, 5.74) is 0.634. The van der Waals surface area contributed by atoms with Crippen LogP contribution in [0.15, 0.2) is 34.4 Å². The number of hydrogen-bond donors (Lipinski definition) is 1. The maximum atomic E-state index is 14.5. The van der Waals surface area contributed by atoms with Crippen LogP contribution in [-0.4, -0.2) is 154 Å². The molecule has 2 aromatic rings. The number of aliphatic imine (C=N–C) groups is 1. The van der Waals surface area contributed by atoms with E-state index in [4.69, 9.17) is 38.3 Å². The van der Waals surface area contributed by atoms with E-state index in [-0.39, 0.29) is 43.9 Å². The smallest absolute Gasteiger partial charge is 0.410 e. The molecule has 1 aromatic heterocycles. The first-order valence-corrected chi connectivity index (χ1v) is 21.2. The predicted octanol–water partition coefficient (Wildman–Crippen LogP) is 4.05. The monoisotopic (exact) mass is 825 g/mol. The summed E-state index contributed by atoms with van der Waals surface area (Å²) in [5, 5.41) is 24.7. The second-order valence-corrected chi connectivity index (χ2v) is 17.9. The van der Waals surface area contributed by atoms with Crippen molar-refractivity contribution in [1.82, 2.24) is 24.8 Å². The lowest BCUT2D eigenvalue weighted by Crippen LogP contribution is -2.60. The number of oxime groups is 1. The number of ether oxygens (including phenoxy) is 6. The molecule has 1 N–H and O–H groups in total. The van der Waals surface area contributed by atoms with Gasteiger partial charge in [-0.25, -0.2) is 9.48 Å². The molecule has 5 aliphatic rings. The third-order valence-corrected chi connectivity index (χ3v) is 13.3. The van der Waals surface area contributed by atoms with Gasteiger partial charge in [0, 0.05) is 30.1 Å². The van der Waals surface area contributed by atoms with Crippen molar-refractivity contribution in [2.75, 3.05) is 40.4 Å². The molecule has 59 heavy (non-hydrogen) atoms. The fraction of sp³-hybridized carbons (Fsp3) is 0.762. The molecular weight excluding hydrogens is 763 g/mol. The molecule has 0 radical (unpaired) electrons. The molecule has 4 bridgehead atoms. The lowest BCUT2D eigenvalue weighted by Gasteiger charge is -2.48. The number of esters is 1. The van der Waals surface area contributed by atoms with Gasteiger partial charge < -0.3 is 43.3 Å². The van der Waals surface area contributed by atoms with Crippen LogP contribution in [0.1, 0.15) is 74.7 Å². The summed E-state index contributed by atoms with van der Waals surface area (Å²) in [6, 6.07) is 6.91. The van der Waals surface area contributed by atoms with Crippen molar-refractivity contribution in [2.24, 2.45) is 33.8 Å². The van der Waals surface area contributed by atoms with E-state index in [1.807, 2.05) is 77.9 Å². The van der Waals surface area contributed by atoms with Gasteiger partial charge in [0.1, 0.15) is 23.4 Å². The molecule has 17 nitrogen and oxygen atoms in total. The SMILES string of the molecule is CC[C@H]1OC(=O)[C@H](C)[C@H]2OC/C(=N\OCn3nnc4ccccc43)CO[C@](C)(C[C@@H](C)C3=NCCN4C(=O)O[C@@]1(C)[C@H]4[C@H]3C)[C@H](O[C@H]1O[C@@H](C)C[C@@H](N(C)C)[C@@H]1O)[C@H]2C. The molecule has 17 heteroatoms. The van der Waals surface area contributed by atoms with Gasteiger partial charge >= 0.3 is 12.1 Å².